The summed E-state index contributed by atoms with van der Waals surface area (Å²) in [6.07, 6.45) is 2.74. The first-order valence-electron chi connectivity index (χ1n) is 5.56. The molecule has 2 aromatic rings. The third kappa shape index (κ3) is 3.42. The van der Waals surface area contributed by atoms with Crippen molar-refractivity contribution in [1.82, 2.24) is 9.97 Å². The number of thiazole rings is 1. The largest absolute Gasteiger partial charge is 0.384 e. The Morgan fingerprint density at radius 2 is 2.29 bits per heavy atom. The first-order chi connectivity index (χ1) is 8.28. The maximum Gasteiger partial charge on any atom is 0.127 e. The minimum atomic E-state index is 0.875. The lowest BCUT2D eigenvalue weighted by molar-refractivity contribution is 0.968. The summed E-state index contributed by atoms with van der Waals surface area (Å²) < 4.78 is 0. The van der Waals surface area contributed by atoms with Gasteiger partial charge in [0.1, 0.15) is 5.82 Å². The molecule has 0 bridgehead atoms. The monoisotopic (exact) mass is 248 g/mol. The van der Waals surface area contributed by atoms with Gasteiger partial charge in [0.15, 0.2) is 0 Å². The molecule has 2 rings (SSSR count). The average molecular weight is 248 g/mol. The molecule has 0 radical (unpaired) electrons. The number of aromatic nitrogens is 2. The highest BCUT2D eigenvalue weighted by atomic mass is 32.1. The molecule has 0 atom stereocenters. The van der Waals surface area contributed by atoms with Crippen molar-refractivity contribution in [3.8, 4) is 0 Å². The van der Waals surface area contributed by atoms with Gasteiger partial charge in [0.05, 0.1) is 10.7 Å². The molecule has 2 aromatic heterocycles. The fourth-order valence-corrected chi connectivity index (χ4v) is 2.18. The zero-order valence-electron chi connectivity index (χ0n) is 10.0. The average Bonchev–Trinajstić information content (AvgIpc) is 2.75. The lowest BCUT2D eigenvalue weighted by atomic mass is 10.3. The smallest absolute Gasteiger partial charge is 0.127 e. The van der Waals surface area contributed by atoms with Crippen LogP contribution >= 0.6 is 11.3 Å². The quantitative estimate of drug-likeness (QED) is 0.853. The molecule has 2 heterocycles. The van der Waals surface area contributed by atoms with Crippen LogP contribution in [0.2, 0.25) is 0 Å². The first-order valence-corrected chi connectivity index (χ1v) is 6.44. The molecule has 90 valence electrons. The summed E-state index contributed by atoms with van der Waals surface area (Å²) in [5.74, 6) is 0.875. The Balaban J connectivity index is 1.85. The van der Waals surface area contributed by atoms with E-state index in [2.05, 4.69) is 26.0 Å². The molecular weight excluding hydrogens is 232 g/mol. The maximum atomic E-state index is 4.43. The van der Waals surface area contributed by atoms with Crippen molar-refractivity contribution in [3.63, 3.8) is 0 Å². The standard InChI is InChI=1S/C12H16N4S/c1-9-16-11(8-17-9)4-5-14-10-3-6-15-12(7-10)13-2/h3,6-8H,4-5H2,1-2H3,(H2,13,14,15). The number of hydrogen-bond donors (Lipinski definition) is 2. The normalized spacial score (nSPS) is 10.2. The van der Waals surface area contributed by atoms with Gasteiger partial charge in [-0.25, -0.2) is 9.97 Å². The summed E-state index contributed by atoms with van der Waals surface area (Å²) in [5.41, 5.74) is 2.24. The Morgan fingerprint density at radius 3 is 3.00 bits per heavy atom. The Labute approximate surface area is 105 Å². The third-order valence-corrected chi connectivity index (χ3v) is 3.22. The summed E-state index contributed by atoms with van der Waals surface area (Å²) in [6.45, 7) is 2.92. The van der Waals surface area contributed by atoms with E-state index in [1.54, 1.807) is 17.5 Å². The van der Waals surface area contributed by atoms with E-state index in [4.69, 9.17) is 0 Å². The van der Waals surface area contributed by atoms with Gasteiger partial charge in [-0.05, 0) is 13.0 Å². The molecule has 0 aliphatic heterocycles. The Morgan fingerprint density at radius 1 is 1.41 bits per heavy atom. The Kier molecular flexibility index (Phi) is 3.93. The second kappa shape index (κ2) is 5.63. The van der Waals surface area contributed by atoms with E-state index >= 15 is 0 Å². The van der Waals surface area contributed by atoms with Crippen molar-refractivity contribution < 1.29 is 0 Å². The van der Waals surface area contributed by atoms with Crippen molar-refractivity contribution >= 4 is 22.8 Å². The van der Waals surface area contributed by atoms with Crippen LogP contribution in [0.1, 0.15) is 10.7 Å². The maximum absolute atomic E-state index is 4.43. The van der Waals surface area contributed by atoms with Gasteiger partial charge in [0.2, 0.25) is 0 Å². The third-order valence-electron chi connectivity index (χ3n) is 2.39. The summed E-state index contributed by atoms with van der Waals surface area (Å²) in [4.78, 5) is 8.60. The number of pyridine rings is 1. The molecule has 0 aliphatic carbocycles. The molecule has 0 aliphatic rings. The fourth-order valence-electron chi connectivity index (χ4n) is 1.54. The van der Waals surface area contributed by atoms with E-state index in [-0.39, 0.29) is 0 Å². The minimum absolute atomic E-state index is 0.875. The van der Waals surface area contributed by atoms with E-state index in [9.17, 15) is 0 Å². The molecule has 0 fully saturated rings. The molecular formula is C12H16N4S. The van der Waals surface area contributed by atoms with Crippen LogP contribution in [0.3, 0.4) is 0 Å². The molecule has 0 spiro atoms. The Bertz CT molecular complexity index is 481. The van der Waals surface area contributed by atoms with Crippen LogP contribution in [0.15, 0.2) is 23.7 Å². The number of anilines is 2. The number of nitrogens with one attached hydrogen (secondary N) is 2. The lowest BCUT2D eigenvalue weighted by Crippen LogP contribution is -2.05. The van der Waals surface area contributed by atoms with Crippen LogP contribution in [0.25, 0.3) is 0 Å². The highest BCUT2D eigenvalue weighted by Crippen LogP contribution is 2.12. The van der Waals surface area contributed by atoms with E-state index < -0.39 is 0 Å². The van der Waals surface area contributed by atoms with Crippen LogP contribution < -0.4 is 10.6 Å². The molecule has 17 heavy (non-hydrogen) atoms. The van der Waals surface area contributed by atoms with Crippen LogP contribution in [0, 0.1) is 6.92 Å². The van der Waals surface area contributed by atoms with Crippen LogP contribution in [0.4, 0.5) is 11.5 Å². The van der Waals surface area contributed by atoms with Gasteiger partial charge in [0.25, 0.3) is 0 Å². The van der Waals surface area contributed by atoms with Crippen LogP contribution in [-0.4, -0.2) is 23.6 Å². The van der Waals surface area contributed by atoms with E-state index in [1.807, 2.05) is 26.1 Å². The van der Waals surface area contributed by atoms with E-state index in [0.29, 0.717) is 0 Å². The fraction of sp³-hybridized carbons (Fsp3) is 0.333. The predicted molar refractivity (Wildman–Crippen MR) is 72.8 cm³/mol. The molecule has 0 saturated heterocycles. The molecule has 2 N–H and O–H groups in total. The van der Waals surface area contributed by atoms with Gasteiger partial charge in [0, 0.05) is 43.3 Å². The van der Waals surface area contributed by atoms with E-state index in [1.165, 1.54) is 0 Å². The highest BCUT2D eigenvalue weighted by molar-refractivity contribution is 7.09. The number of hydrogen-bond acceptors (Lipinski definition) is 5. The molecule has 5 heteroatoms. The SMILES string of the molecule is CNc1cc(NCCc2csc(C)n2)ccn1. The van der Waals surface area contributed by atoms with Gasteiger partial charge in [-0.15, -0.1) is 11.3 Å². The summed E-state index contributed by atoms with van der Waals surface area (Å²) in [7, 11) is 1.87. The van der Waals surface area contributed by atoms with Gasteiger partial charge < -0.3 is 10.6 Å². The number of aryl methyl sites for hydroxylation is 1. The topological polar surface area (TPSA) is 49.8 Å². The van der Waals surface area contributed by atoms with Crippen LogP contribution in [0.5, 0.6) is 0 Å². The molecule has 0 amide bonds. The molecule has 0 saturated carbocycles. The van der Waals surface area contributed by atoms with Gasteiger partial charge in [-0.1, -0.05) is 0 Å². The summed E-state index contributed by atoms with van der Waals surface area (Å²) in [6, 6.07) is 3.96. The zero-order chi connectivity index (χ0) is 12.1. The zero-order valence-corrected chi connectivity index (χ0v) is 10.8. The highest BCUT2D eigenvalue weighted by Gasteiger charge is 1.99. The second-order valence-corrected chi connectivity index (χ2v) is 4.78. The van der Waals surface area contributed by atoms with E-state index in [0.717, 1.165) is 35.2 Å². The molecule has 0 unspecified atom stereocenters. The number of nitrogens with zero attached hydrogens (tertiary/aromatic N) is 2. The summed E-state index contributed by atoms with van der Waals surface area (Å²) >= 11 is 1.70. The van der Waals surface area contributed by atoms with Gasteiger partial charge in [-0.3, -0.25) is 0 Å². The van der Waals surface area contributed by atoms with Crippen molar-refractivity contribution in [2.75, 3.05) is 24.2 Å². The summed E-state index contributed by atoms with van der Waals surface area (Å²) in [5, 5.41) is 9.62. The Hall–Kier alpha value is -1.62. The molecule has 0 aromatic carbocycles. The first kappa shape index (κ1) is 11.9. The lowest BCUT2D eigenvalue weighted by Gasteiger charge is -2.06. The predicted octanol–water partition coefficient (Wildman–Crippen LogP) is 2.54. The van der Waals surface area contributed by atoms with Crippen molar-refractivity contribution in [3.05, 3.63) is 34.4 Å². The number of rotatable bonds is 5. The van der Waals surface area contributed by atoms with Crippen LogP contribution in [-0.2, 0) is 6.42 Å². The molecule has 4 nitrogen and oxygen atoms in total. The van der Waals surface area contributed by atoms with Gasteiger partial charge >= 0.3 is 0 Å². The van der Waals surface area contributed by atoms with Crippen molar-refractivity contribution in [2.45, 2.75) is 13.3 Å². The minimum Gasteiger partial charge on any atom is -0.384 e. The second-order valence-electron chi connectivity index (χ2n) is 3.71. The van der Waals surface area contributed by atoms with Gasteiger partial charge in [-0.2, -0.15) is 0 Å². The van der Waals surface area contributed by atoms with Crippen molar-refractivity contribution in [2.24, 2.45) is 0 Å². The van der Waals surface area contributed by atoms with Crippen molar-refractivity contribution in [1.29, 1.82) is 0 Å².